The first kappa shape index (κ1) is 31.6. The van der Waals surface area contributed by atoms with Crippen molar-refractivity contribution in [1.82, 2.24) is 9.88 Å². The number of likely N-dealkylation sites (tertiary alicyclic amines) is 1. The molecule has 7 nitrogen and oxygen atoms in total. The van der Waals surface area contributed by atoms with Crippen LogP contribution in [0.4, 0.5) is 27.8 Å². The van der Waals surface area contributed by atoms with Crippen LogP contribution in [-0.2, 0) is 27.8 Å². The number of allylic oxidation sites excluding steroid dienone is 4. The van der Waals surface area contributed by atoms with Crippen molar-refractivity contribution in [1.29, 1.82) is 0 Å². The first-order valence-electron chi connectivity index (χ1n) is 13.7. The summed E-state index contributed by atoms with van der Waals surface area (Å²) in [7, 11) is 0. The van der Waals surface area contributed by atoms with E-state index in [1.54, 1.807) is 25.3 Å². The highest BCUT2D eigenvalue weighted by atomic mass is 19.4. The number of fused-ring (bicyclic) bond motifs is 3. The zero-order valence-electron chi connectivity index (χ0n) is 23.4. The van der Waals surface area contributed by atoms with E-state index in [4.69, 9.17) is 5.73 Å². The molecule has 43 heavy (non-hydrogen) atoms. The van der Waals surface area contributed by atoms with Crippen molar-refractivity contribution in [3.63, 3.8) is 0 Å². The monoisotopic (exact) mass is 602 g/mol. The first-order chi connectivity index (χ1) is 20.3. The molecule has 1 aromatic carbocycles. The van der Waals surface area contributed by atoms with E-state index in [2.05, 4.69) is 16.9 Å². The second-order valence-electron chi connectivity index (χ2n) is 10.8. The molecule has 3 N–H and O–H groups in total. The molecule has 2 aromatic rings. The summed E-state index contributed by atoms with van der Waals surface area (Å²) in [4.78, 5) is 40.4. The number of aromatic nitrogens is 1. The topological polar surface area (TPSA) is 105 Å². The predicted octanol–water partition coefficient (Wildman–Crippen LogP) is 5.63. The first-order valence-corrected chi connectivity index (χ1v) is 13.7. The van der Waals surface area contributed by atoms with Crippen LogP contribution in [-0.4, -0.2) is 46.9 Å². The Morgan fingerprint density at radius 2 is 1.93 bits per heavy atom. The highest BCUT2D eigenvalue weighted by Gasteiger charge is 2.51. The predicted molar refractivity (Wildman–Crippen MR) is 150 cm³/mol. The summed E-state index contributed by atoms with van der Waals surface area (Å²) < 4.78 is 64.6. The van der Waals surface area contributed by atoms with Gasteiger partial charge in [-0.2, -0.15) is 13.2 Å². The van der Waals surface area contributed by atoms with Crippen LogP contribution in [0, 0.1) is 5.92 Å². The number of amides is 3. The molecular weight excluding hydrogens is 571 g/mol. The molecule has 0 saturated carbocycles. The molecule has 1 fully saturated rings. The summed E-state index contributed by atoms with van der Waals surface area (Å²) >= 11 is 0. The van der Waals surface area contributed by atoms with Crippen molar-refractivity contribution in [2.75, 3.05) is 18.4 Å². The Bertz CT molecular complexity index is 1520. The van der Waals surface area contributed by atoms with Crippen LogP contribution in [0.3, 0.4) is 0 Å². The number of alkyl halides is 3. The van der Waals surface area contributed by atoms with E-state index in [9.17, 15) is 36.3 Å². The van der Waals surface area contributed by atoms with Gasteiger partial charge in [0.15, 0.2) is 11.7 Å². The number of nitrogens with one attached hydrogen (secondary N) is 1. The molecule has 1 spiro atoms. The fraction of sp³-hybridized carbons (Fsp3) is 0.355. The number of primary amides is 1. The van der Waals surface area contributed by atoms with Crippen LogP contribution in [0.5, 0.6) is 0 Å². The van der Waals surface area contributed by atoms with Gasteiger partial charge < -0.3 is 16.0 Å². The van der Waals surface area contributed by atoms with Crippen LogP contribution < -0.4 is 11.1 Å². The van der Waals surface area contributed by atoms with Gasteiger partial charge in [0.05, 0.1) is 5.41 Å². The van der Waals surface area contributed by atoms with Crippen molar-refractivity contribution in [3.8, 4) is 0 Å². The number of pyridine rings is 1. The molecule has 0 radical (unpaired) electrons. The van der Waals surface area contributed by atoms with Crippen LogP contribution >= 0.6 is 0 Å². The Balaban J connectivity index is 0.000000197. The lowest BCUT2D eigenvalue weighted by Crippen LogP contribution is -2.40. The van der Waals surface area contributed by atoms with Crippen LogP contribution in [0.2, 0.25) is 0 Å². The Morgan fingerprint density at radius 3 is 2.58 bits per heavy atom. The third-order valence-electron chi connectivity index (χ3n) is 7.85. The maximum atomic E-state index is 13.9. The van der Waals surface area contributed by atoms with E-state index in [0.717, 1.165) is 16.7 Å². The van der Waals surface area contributed by atoms with E-state index in [0.29, 0.717) is 42.0 Å². The molecule has 2 aliphatic heterocycles. The van der Waals surface area contributed by atoms with Gasteiger partial charge in [0.25, 0.3) is 0 Å². The minimum Gasteiger partial charge on any atom is -0.366 e. The number of rotatable bonds is 5. The fourth-order valence-electron chi connectivity index (χ4n) is 5.89. The van der Waals surface area contributed by atoms with E-state index < -0.39 is 47.5 Å². The lowest BCUT2D eigenvalue weighted by atomic mass is 9.79. The summed E-state index contributed by atoms with van der Waals surface area (Å²) in [5.74, 6) is -3.60. The largest absolute Gasteiger partial charge is 0.406 e. The zero-order chi connectivity index (χ0) is 31.5. The minimum absolute atomic E-state index is 0.0203. The third kappa shape index (κ3) is 6.84. The van der Waals surface area contributed by atoms with Gasteiger partial charge in [-0.25, -0.2) is 13.8 Å². The van der Waals surface area contributed by atoms with Gasteiger partial charge in [-0.05, 0) is 67.5 Å². The average Bonchev–Trinajstić information content (AvgIpc) is 3.39. The van der Waals surface area contributed by atoms with Crippen molar-refractivity contribution in [3.05, 3.63) is 94.7 Å². The van der Waals surface area contributed by atoms with Gasteiger partial charge in [-0.15, -0.1) is 0 Å². The Morgan fingerprint density at radius 1 is 1.21 bits per heavy atom. The fourth-order valence-corrected chi connectivity index (χ4v) is 5.89. The van der Waals surface area contributed by atoms with E-state index in [1.165, 1.54) is 12.2 Å². The molecule has 1 saturated heterocycles. The van der Waals surface area contributed by atoms with Gasteiger partial charge in [-0.3, -0.25) is 14.4 Å². The molecule has 3 aliphatic rings. The summed E-state index contributed by atoms with van der Waals surface area (Å²) in [5.41, 5.74) is 8.20. The minimum atomic E-state index is -4.53. The highest BCUT2D eigenvalue weighted by molar-refractivity contribution is 6.06. The summed E-state index contributed by atoms with van der Waals surface area (Å²) in [6, 6.07) is 9.21. The van der Waals surface area contributed by atoms with Crippen LogP contribution in [0.15, 0.2) is 72.5 Å². The zero-order valence-corrected chi connectivity index (χ0v) is 23.4. The lowest BCUT2D eigenvalue weighted by Gasteiger charge is -2.26. The van der Waals surface area contributed by atoms with Gasteiger partial charge >= 0.3 is 6.18 Å². The van der Waals surface area contributed by atoms with Gasteiger partial charge in [-0.1, -0.05) is 30.9 Å². The summed E-state index contributed by atoms with van der Waals surface area (Å²) in [6.45, 7) is 2.78. The molecule has 0 bridgehead atoms. The Kier molecular flexibility index (Phi) is 9.17. The smallest absolute Gasteiger partial charge is 0.366 e. The number of benzene rings is 1. The van der Waals surface area contributed by atoms with Gasteiger partial charge in [0.1, 0.15) is 12.4 Å². The van der Waals surface area contributed by atoms with E-state index in [-0.39, 0.29) is 24.4 Å². The van der Waals surface area contributed by atoms with E-state index >= 15 is 0 Å². The molecular formula is C31H31F5N4O3. The molecule has 1 aliphatic carbocycles. The number of carbonyl (C=O) groups is 3. The molecule has 1 aromatic heterocycles. The number of carbonyl (C=O) groups excluding carboxylic acids is 3. The number of hydrogen-bond acceptors (Lipinski definition) is 4. The number of nitrogens with zero attached hydrogens (tertiary/aromatic N) is 2. The van der Waals surface area contributed by atoms with Crippen LogP contribution in [0.25, 0.3) is 0 Å². The third-order valence-corrected chi connectivity index (χ3v) is 7.85. The standard InChI is InChI=1S/C16H13N3O2.C15H18F5NO/c17-13(20)9-3-4-10-7-16(8-11(10)6-9)12-2-1-5-18-14(12)19-15(16)21;1-3-5-12(14(17)10(2)16)11-6-4-7-13(22)21(8-11)9-15(18,19)20/h1-6H,7-8H2,(H2,17,20)(H,18,19,21);3,5,11H,2,4,6-9H2,1H3/b;5-3-,14-12-. The normalized spacial score (nSPS) is 21.9. The lowest BCUT2D eigenvalue weighted by molar-refractivity contribution is -0.161. The molecule has 12 heteroatoms. The van der Waals surface area contributed by atoms with Crippen LogP contribution in [0.1, 0.15) is 53.2 Å². The molecule has 5 rings (SSSR count). The molecule has 3 amide bonds. The van der Waals surface area contributed by atoms with Crippen molar-refractivity contribution in [2.24, 2.45) is 11.7 Å². The SMILES string of the molecule is C=C(F)/C(F)=C(\C=C/C)C1CCCC(=O)N(CC(F)(F)F)C1.NC(=O)c1ccc2c(c1)CC1(C2)C(=O)Nc2ncccc21. The number of nitrogens with two attached hydrogens (primary N) is 1. The van der Waals surface area contributed by atoms with Crippen molar-refractivity contribution in [2.45, 2.75) is 50.6 Å². The summed E-state index contributed by atoms with van der Waals surface area (Å²) in [6.07, 6.45) is 1.73. The molecule has 2 atom stereocenters. The average molecular weight is 603 g/mol. The quantitative estimate of drug-likeness (QED) is 0.342. The Labute approximate surface area is 245 Å². The molecule has 2 unspecified atom stereocenters. The van der Waals surface area contributed by atoms with E-state index in [1.807, 2.05) is 18.2 Å². The molecule has 3 heterocycles. The Hall–Kier alpha value is -4.35. The maximum Gasteiger partial charge on any atom is 0.406 e. The van der Waals surface area contributed by atoms with Crippen molar-refractivity contribution < 1.29 is 36.3 Å². The van der Waals surface area contributed by atoms with Gasteiger partial charge in [0, 0.05) is 36.2 Å². The molecule has 228 valence electrons. The second kappa shape index (κ2) is 12.5. The van der Waals surface area contributed by atoms with Crippen molar-refractivity contribution >= 4 is 23.5 Å². The number of hydrogen-bond donors (Lipinski definition) is 2. The maximum absolute atomic E-state index is 13.9. The number of halogens is 5. The second-order valence-corrected chi connectivity index (χ2v) is 10.8. The number of anilines is 1. The van der Waals surface area contributed by atoms with Gasteiger partial charge in [0.2, 0.25) is 17.7 Å². The summed E-state index contributed by atoms with van der Waals surface area (Å²) in [5, 5.41) is 2.86. The highest BCUT2D eigenvalue weighted by Crippen LogP contribution is 2.46.